The predicted molar refractivity (Wildman–Crippen MR) is 78.6 cm³/mol. The first kappa shape index (κ1) is 15.3. The zero-order valence-electron chi connectivity index (χ0n) is 12.1. The highest BCUT2D eigenvalue weighted by molar-refractivity contribution is 7.89. The molecule has 1 aliphatic heterocycles. The van der Waals surface area contributed by atoms with Crippen LogP contribution in [-0.2, 0) is 10.0 Å². The molecule has 0 spiro atoms. The molecule has 1 heterocycles. The number of piperidine rings is 1. The average Bonchev–Trinajstić information content (AvgIpc) is 2.40. The van der Waals surface area contributed by atoms with Gasteiger partial charge in [-0.2, -0.15) is 0 Å². The summed E-state index contributed by atoms with van der Waals surface area (Å²) >= 11 is 0. The molecule has 2 fully saturated rings. The third kappa shape index (κ3) is 4.72. The quantitative estimate of drug-likeness (QED) is 0.841. The van der Waals surface area contributed by atoms with Crippen LogP contribution in [-0.4, -0.2) is 44.7 Å². The van der Waals surface area contributed by atoms with E-state index in [0.29, 0.717) is 24.3 Å². The largest absolute Gasteiger partial charge is 0.313 e. The second-order valence-corrected chi connectivity index (χ2v) is 8.33. The van der Waals surface area contributed by atoms with Gasteiger partial charge in [-0.15, -0.1) is 0 Å². The molecule has 0 aromatic rings. The topological polar surface area (TPSA) is 49.4 Å². The Hall–Kier alpha value is -0.130. The van der Waals surface area contributed by atoms with Crippen molar-refractivity contribution in [1.82, 2.24) is 9.62 Å². The van der Waals surface area contributed by atoms with Crippen molar-refractivity contribution in [2.75, 3.05) is 25.9 Å². The van der Waals surface area contributed by atoms with Crippen LogP contribution in [0.5, 0.6) is 0 Å². The first-order valence-corrected chi connectivity index (χ1v) is 9.36. The van der Waals surface area contributed by atoms with E-state index in [4.69, 9.17) is 0 Å². The minimum Gasteiger partial charge on any atom is -0.313 e. The highest BCUT2D eigenvalue weighted by Gasteiger charge is 2.26. The number of nitrogens with one attached hydrogen (secondary N) is 1. The van der Waals surface area contributed by atoms with E-state index in [1.807, 2.05) is 0 Å². The SMILES string of the molecule is CN(CC1CCCCN1)S(=O)(=O)CC1CCCCC1. The summed E-state index contributed by atoms with van der Waals surface area (Å²) in [5.74, 6) is 0.747. The van der Waals surface area contributed by atoms with Crippen LogP contribution >= 0.6 is 0 Å². The van der Waals surface area contributed by atoms with E-state index in [2.05, 4.69) is 5.32 Å². The molecular formula is C14H28N2O2S. The summed E-state index contributed by atoms with van der Waals surface area (Å²) < 4.78 is 26.3. The van der Waals surface area contributed by atoms with Crippen molar-refractivity contribution in [2.45, 2.75) is 57.4 Å². The lowest BCUT2D eigenvalue weighted by molar-refractivity contribution is 0.331. The van der Waals surface area contributed by atoms with Gasteiger partial charge in [0.25, 0.3) is 0 Å². The Morgan fingerprint density at radius 1 is 1.05 bits per heavy atom. The van der Waals surface area contributed by atoms with Crippen LogP contribution in [0.15, 0.2) is 0 Å². The zero-order valence-corrected chi connectivity index (χ0v) is 12.9. The molecule has 0 bridgehead atoms. The standard InChI is InChI=1S/C14H28N2O2S/c1-16(11-14-9-5-6-10-15-14)19(17,18)12-13-7-3-2-4-8-13/h13-15H,2-12H2,1H3. The molecular weight excluding hydrogens is 260 g/mol. The molecule has 4 nitrogen and oxygen atoms in total. The minimum atomic E-state index is -3.07. The molecule has 0 amide bonds. The molecule has 2 rings (SSSR count). The zero-order chi connectivity index (χ0) is 13.7. The number of sulfonamides is 1. The Kier molecular flexibility index (Phi) is 5.66. The van der Waals surface area contributed by atoms with Gasteiger partial charge in [-0.1, -0.05) is 25.7 Å². The predicted octanol–water partition coefficient (Wildman–Crippen LogP) is 1.97. The van der Waals surface area contributed by atoms with Gasteiger partial charge < -0.3 is 5.32 Å². The molecule has 1 aliphatic carbocycles. The van der Waals surface area contributed by atoms with Crippen molar-refractivity contribution in [3.05, 3.63) is 0 Å². The van der Waals surface area contributed by atoms with Crippen LogP contribution in [0, 0.1) is 5.92 Å². The van der Waals surface area contributed by atoms with Crippen LogP contribution in [0.1, 0.15) is 51.4 Å². The molecule has 1 N–H and O–H groups in total. The number of rotatable bonds is 5. The van der Waals surface area contributed by atoms with E-state index in [0.717, 1.165) is 25.8 Å². The van der Waals surface area contributed by atoms with Crippen molar-refractivity contribution in [3.63, 3.8) is 0 Å². The number of nitrogens with zero attached hydrogens (tertiary/aromatic N) is 1. The third-order valence-electron chi connectivity index (χ3n) is 4.54. The lowest BCUT2D eigenvalue weighted by Gasteiger charge is -2.29. The number of likely N-dealkylation sites (N-methyl/N-ethyl adjacent to an activating group) is 1. The van der Waals surface area contributed by atoms with Crippen molar-refractivity contribution in [2.24, 2.45) is 5.92 Å². The number of hydrogen-bond donors (Lipinski definition) is 1. The fraction of sp³-hybridized carbons (Fsp3) is 1.00. The Bertz CT molecular complexity index is 358. The third-order valence-corrected chi connectivity index (χ3v) is 6.53. The highest BCUT2D eigenvalue weighted by Crippen LogP contribution is 2.25. The van der Waals surface area contributed by atoms with Gasteiger partial charge in [-0.25, -0.2) is 12.7 Å². The van der Waals surface area contributed by atoms with Crippen LogP contribution in [0.25, 0.3) is 0 Å². The van der Waals surface area contributed by atoms with Crippen molar-refractivity contribution >= 4 is 10.0 Å². The van der Waals surface area contributed by atoms with Crippen LogP contribution in [0.4, 0.5) is 0 Å². The van der Waals surface area contributed by atoms with Crippen molar-refractivity contribution in [3.8, 4) is 0 Å². The highest BCUT2D eigenvalue weighted by atomic mass is 32.2. The van der Waals surface area contributed by atoms with Gasteiger partial charge in [-0.05, 0) is 38.1 Å². The van der Waals surface area contributed by atoms with Crippen LogP contribution < -0.4 is 5.32 Å². The first-order chi connectivity index (χ1) is 9.08. The van der Waals surface area contributed by atoms with E-state index >= 15 is 0 Å². The maximum atomic E-state index is 12.4. The van der Waals surface area contributed by atoms with Gasteiger partial charge in [0.2, 0.25) is 10.0 Å². The summed E-state index contributed by atoms with van der Waals surface area (Å²) in [5, 5.41) is 3.42. The lowest BCUT2D eigenvalue weighted by atomic mass is 9.91. The molecule has 5 heteroatoms. The Morgan fingerprint density at radius 2 is 1.74 bits per heavy atom. The summed E-state index contributed by atoms with van der Waals surface area (Å²) in [5.41, 5.74) is 0. The first-order valence-electron chi connectivity index (χ1n) is 7.75. The smallest absolute Gasteiger partial charge is 0.214 e. The van der Waals surface area contributed by atoms with Crippen molar-refractivity contribution < 1.29 is 8.42 Å². The fourth-order valence-corrected chi connectivity index (χ4v) is 4.87. The van der Waals surface area contributed by atoms with Gasteiger partial charge in [-0.3, -0.25) is 0 Å². The second kappa shape index (κ2) is 7.04. The summed E-state index contributed by atoms with van der Waals surface area (Å²) in [6.45, 7) is 1.66. The molecule has 0 aromatic heterocycles. The van der Waals surface area contributed by atoms with Gasteiger partial charge in [0.1, 0.15) is 0 Å². The summed E-state index contributed by atoms with van der Waals surface area (Å²) in [6, 6.07) is 0.347. The van der Waals surface area contributed by atoms with Gasteiger partial charge in [0.15, 0.2) is 0 Å². The molecule has 2 aliphatic rings. The minimum absolute atomic E-state index is 0.347. The Morgan fingerprint density at radius 3 is 2.37 bits per heavy atom. The fourth-order valence-electron chi connectivity index (χ4n) is 3.28. The molecule has 1 unspecified atom stereocenters. The summed E-state index contributed by atoms with van der Waals surface area (Å²) in [4.78, 5) is 0. The molecule has 1 atom stereocenters. The van der Waals surface area contributed by atoms with E-state index in [9.17, 15) is 8.42 Å². The van der Waals surface area contributed by atoms with Gasteiger partial charge in [0.05, 0.1) is 5.75 Å². The number of hydrogen-bond acceptors (Lipinski definition) is 3. The molecule has 19 heavy (non-hydrogen) atoms. The van der Waals surface area contributed by atoms with E-state index < -0.39 is 10.0 Å². The monoisotopic (exact) mass is 288 g/mol. The molecule has 112 valence electrons. The maximum absolute atomic E-state index is 12.4. The Balaban J connectivity index is 1.83. The lowest BCUT2D eigenvalue weighted by Crippen LogP contribution is -2.45. The molecule has 0 radical (unpaired) electrons. The van der Waals surface area contributed by atoms with Crippen LogP contribution in [0.3, 0.4) is 0 Å². The van der Waals surface area contributed by atoms with E-state index in [-0.39, 0.29) is 0 Å². The summed E-state index contributed by atoms with van der Waals surface area (Å²) in [7, 11) is -1.32. The van der Waals surface area contributed by atoms with Gasteiger partial charge >= 0.3 is 0 Å². The van der Waals surface area contributed by atoms with Crippen LogP contribution in [0.2, 0.25) is 0 Å². The normalized spacial score (nSPS) is 26.7. The van der Waals surface area contributed by atoms with E-state index in [1.54, 1.807) is 11.4 Å². The average molecular weight is 288 g/mol. The van der Waals surface area contributed by atoms with Gasteiger partial charge in [0, 0.05) is 19.6 Å². The second-order valence-electron chi connectivity index (χ2n) is 6.21. The molecule has 0 aromatic carbocycles. The van der Waals surface area contributed by atoms with E-state index in [1.165, 1.54) is 32.1 Å². The molecule has 1 saturated carbocycles. The molecule has 1 saturated heterocycles. The van der Waals surface area contributed by atoms with Crippen molar-refractivity contribution in [1.29, 1.82) is 0 Å². The maximum Gasteiger partial charge on any atom is 0.214 e. The Labute approximate surface area is 118 Å². The summed E-state index contributed by atoms with van der Waals surface area (Å²) in [6.07, 6.45) is 9.40.